The molecule has 4 atom stereocenters. The molecule has 0 bridgehead atoms. The van der Waals surface area contributed by atoms with Gasteiger partial charge in [-0.15, -0.1) is 11.8 Å². The lowest BCUT2D eigenvalue weighted by atomic mass is 9.95. The third kappa shape index (κ3) is 7.88. The molecule has 2 aromatic rings. The first-order chi connectivity index (χ1) is 16.0. The Morgan fingerprint density at radius 1 is 1.15 bits per heavy atom. The number of carbonyl (C=O) groups is 2. The van der Waals surface area contributed by atoms with Crippen molar-refractivity contribution in [3.8, 4) is 0 Å². The number of hydrogen-bond acceptors (Lipinski definition) is 6. The second-order valence-corrected chi connectivity index (χ2v) is 10.8. The van der Waals surface area contributed by atoms with Gasteiger partial charge in [0.15, 0.2) is 0 Å². The van der Waals surface area contributed by atoms with Gasteiger partial charge in [0.1, 0.15) is 5.78 Å². The van der Waals surface area contributed by atoms with Crippen LogP contribution in [-0.2, 0) is 16.0 Å². The number of carbonyl (C=O) groups excluding carboxylic acids is 1. The van der Waals surface area contributed by atoms with Crippen LogP contribution < -0.4 is 0 Å². The second-order valence-electron chi connectivity index (χ2n) is 8.45. The number of fused-ring (bicyclic) bond motifs is 1. The Hall–Kier alpha value is -1.80. The number of allylic oxidation sites excluding steroid dienone is 1. The molecular formula is C26H32O5S2. The monoisotopic (exact) mass is 488 g/mol. The van der Waals surface area contributed by atoms with E-state index >= 15 is 0 Å². The van der Waals surface area contributed by atoms with E-state index < -0.39 is 12.1 Å². The molecule has 0 saturated heterocycles. The smallest absolute Gasteiger partial charge is 0.313 e. The number of aliphatic hydroxyl groups excluding tert-OH is 2. The fourth-order valence-corrected chi connectivity index (χ4v) is 6.45. The molecular weight excluding hydrogens is 456 g/mol. The molecule has 7 heteroatoms. The zero-order valence-corrected chi connectivity index (χ0v) is 20.3. The Balaban J connectivity index is 1.50. The highest BCUT2D eigenvalue weighted by Crippen LogP contribution is 2.38. The molecule has 0 unspecified atom stereocenters. The SMILES string of the molecule is O=C(O)CSCCCS[C@H]1C(=O)C[C@@H](CO)[C@@H]1C=C[C@H](O)CCc1ccc2ccccc2c1. The van der Waals surface area contributed by atoms with Crippen LogP contribution in [0.3, 0.4) is 0 Å². The van der Waals surface area contributed by atoms with E-state index in [2.05, 4.69) is 30.3 Å². The van der Waals surface area contributed by atoms with E-state index in [1.54, 1.807) is 17.8 Å². The lowest BCUT2D eigenvalue weighted by Crippen LogP contribution is -2.21. The van der Waals surface area contributed by atoms with E-state index in [-0.39, 0.29) is 35.2 Å². The van der Waals surface area contributed by atoms with Crippen LogP contribution in [0.15, 0.2) is 54.6 Å². The number of hydrogen-bond donors (Lipinski definition) is 3. The molecule has 3 rings (SSSR count). The van der Waals surface area contributed by atoms with E-state index in [1.807, 2.05) is 18.2 Å². The Morgan fingerprint density at radius 2 is 1.94 bits per heavy atom. The molecule has 1 fully saturated rings. The summed E-state index contributed by atoms with van der Waals surface area (Å²) in [5.41, 5.74) is 1.18. The fraction of sp³-hybridized carbons (Fsp3) is 0.462. The number of ketones is 1. The summed E-state index contributed by atoms with van der Waals surface area (Å²) in [4.78, 5) is 23.1. The van der Waals surface area contributed by atoms with Crippen LogP contribution in [-0.4, -0.2) is 62.3 Å². The van der Waals surface area contributed by atoms with Crippen molar-refractivity contribution in [1.29, 1.82) is 0 Å². The first-order valence-corrected chi connectivity index (χ1v) is 13.6. The van der Waals surface area contributed by atoms with Crippen LogP contribution >= 0.6 is 23.5 Å². The van der Waals surface area contributed by atoms with Crippen molar-refractivity contribution in [2.45, 2.75) is 37.0 Å². The molecule has 0 aromatic heterocycles. The van der Waals surface area contributed by atoms with Crippen LogP contribution in [0.2, 0.25) is 0 Å². The fourth-order valence-electron chi connectivity index (χ4n) is 4.21. The van der Waals surface area contributed by atoms with E-state index in [0.29, 0.717) is 12.8 Å². The van der Waals surface area contributed by atoms with Crippen molar-refractivity contribution < 1.29 is 24.9 Å². The van der Waals surface area contributed by atoms with Crippen molar-refractivity contribution in [3.05, 3.63) is 60.2 Å². The molecule has 0 aliphatic heterocycles. The lowest BCUT2D eigenvalue weighted by molar-refractivity contribution is -0.133. The van der Waals surface area contributed by atoms with Crippen LogP contribution in [0.5, 0.6) is 0 Å². The highest BCUT2D eigenvalue weighted by atomic mass is 32.2. The predicted octanol–water partition coefficient (Wildman–Crippen LogP) is 4.20. The summed E-state index contributed by atoms with van der Waals surface area (Å²) in [5, 5.41) is 31.1. The Labute approximate surface area is 203 Å². The van der Waals surface area contributed by atoms with Crippen molar-refractivity contribution in [2.75, 3.05) is 23.9 Å². The number of benzene rings is 2. The van der Waals surface area contributed by atoms with Gasteiger partial charge in [-0.2, -0.15) is 11.8 Å². The van der Waals surface area contributed by atoms with Crippen molar-refractivity contribution >= 4 is 46.0 Å². The molecule has 2 aromatic carbocycles. The van der Waals surface area contributed by atoms with Gasteiger partial charge in [0, 0.05) is 18.9 Å². The summed E-state index contributed by atoms with van der Waals surface area (Å²) in [5.74, 6) is 0.761. The molecule has 178 valence electrons. The number of aryl methyl sites for hydroxylation is 1. The van der Waals surface area contributed by atoms with Gasteiger partial charge in [-0.25, -0.2) is 0 Å². The number of rotatable bonds is 13. The maximum atomic E-state index is 12.5. The van der Waals surface area contributed by atoms with Gasteiger partial charge in [0.25, 0.3) is 0 Å². The Kier molecular flexibility index (Phi) is 10.3. The number of Topliss-reactive ketones (excluding diaryl/α,β-unsaturated/α-hetero) is 1. The highest BCUT2D eigenvalue weighted by molar-refractivity contribution is 8.01. The zero-order valence-electron chi connectivity index (χ0n) is 18.6. The number of carboxylic acids is 1. The van der Waals surface area contributed by atoms with Gasteiger partial charge in [0.05, 0.1) is 17.1 Å². The summed E-state index contributed by atoms with van der Waals surface area (Å²) in [6, 6.07) is 14.6. The number of aliphatic carboxylic acids is 1. The average molecular weight is 489 g/mol. The summed E-state index contributed by atoms with van der Waals surface area (Å²) >= 11 is 2.97. The van der Waals surface area contributed by atoms with E-state index in [9.17, 15) is 19.8 Å². The highest BCUT2D eigenvalue weighted by Gasteiger charge is 2.40. The Bertz CT molecular complexity index is 961. The van der Waals surface area contributed by atoms with Crippen LogP contribution in [0.25, 0.3) is 10.8 Å². The van der Waals surface area contributed by atoms with Crippen molar-refractivity contribution in [2.24, 2.45) is 11.8 Å². The van der Waals surface area contributed by atoms with E-state index in [4.69, 9.17) is 5.11 Å². The van der Waals surface area contributed by atoms with Gasteiger partial charge >= 0.3 is 5.97 Å². The number of aliphatic hydroxyl groups is 2. The average Bonchev–Trinajstić information content (AvgIpc) is 3.12. The van der Waals surface area contributed by atoms with Crippen molar-refractivity contribution in [1.82, 2.24) is 0 Å². The topological polar surface area (TPSA) is 94.8 Å². The van der Waals surface area contributed by atoms with Crippen LogP contribution in [0.4, 0.5) is 0 Å². The molecule has 33 heavy (non-hydrogen) atoms. The van der Waals surface area contributed by atoms with E-state index in [1.165, 1.54) is 28.1 Å². The van der Waals surface area contributed by atoms with E-state index in [0.717, 1.165) is 24.3 Å². The molecule has 1 aliphatic rings. The van der Waals surface area contributed by atoms with Gasteiger partial charge < -0.3 is 15.3 Å². The summed E-state index contributed by atoms with van der Waals surface area (Å²) < 4.78 is 0. The lowest BCUT2D eigenvalue weighted by Gasteiger charge is -2.19. The zero-order chi connectivity index (χ0) is 23.6. The normalized spacial score (nSPS) is 21.8. The Morgan fingerprint density at radius 3 is 2.70 bits per heavy atom. The molecule has 1 aliphatic carbocycles. The van der Waals surface area contributed by atoms with Crippen LogP contribution in [0.1, 0.15) is 24.8 Å². The maximum Gasteiger partial charge on any atom is 0.313 e. The summed E-state index contributed by atoms with van der Waals surface area (Å²) in [7, 11) is 0. The molecule has 0 radical (unpaired) electrons. The minimum Gasteiger partial charge on any atom is -0.481 e. The van der Waals surface area contributed by atoms with Gasteiger partial charge in [-0.1, -0.05) is 54.6 Å². The molecule has 5 nitrogen and oxygen atoms in total. The van der Waals surface area contributed by atoms with Gasteiger partial charge in [-0.05, 0) is 53.0 Å². The summed E-state index contributed by atoms with van der Waals surface area (Å²) in [6.45, 7) is -0.0422. The van der Waals surface area contributed by atoms with Gasteiger partial charge in [0.2, 0.25) is 0 Å². The number of thioether (sulfide) groups is 2. The largest absolute Gasteiger partial charge is 0.481 e. The minimum atomic E-state index is -0.811. The van der Waals surface area contributed by atoms with Crippen molar-refractivity contribution in [3.63, 3.8) is 0 Å². The quantitative estimate of drug-likeness (QED) is 0.287. The minimum absolute atomic E-state index is 0.0422. The second kappa shape index (κ2) is 13.2. The maximum absolute atomic E-state index is 12.5. The molecule has 0 spiro atoms. The van der Waals surface area contributed by atoms with Crippen LogP contribution in [0, 0.1) is 11.8 Å². The molecule has 0 heterocycles. The third-order valence-electron chi connectivity index (χ3n) is 5.96. The predicted molar refractivity (Wildman–Crippen MR) is 137 cm³/mol. The molecule has 0 amide bonds. The number of carboxylic acid groups (broad SMARTS) is 1. The first kappa shape index (κ1) is 25.8. The first-order valence-electron chi connectivity index (χ1n) is 11.4. The molecule has 1 saturated carbocycles. The summed E-state index contributed by atoms with van der Waals surface area (Å²) in [6.07, 6.45) is 5.65. The standard InChI is InChI=1S/C26H32O5S2/c27-16-21-15-24(29)26(33-13-3-12-32-17-25(30)31)23(21)11-10-22(28)9-7-18-6-8-19-4-1-2-5-20(19)14-18/h1-2,4-6,8,10-11,14,21-23,26-28H,3,7,9,12-13,15-17H2,(H,30,31)/t21-,22+,23-,26+/m0/s1. The van der Waals surface area contributed by atoms with Gasteiger partial charge in [-0.3, -0.25) is 9.59 Å². The third-order valence-corrected chi connectivity index (χ3v) is 8.45. The molecule has 3 N–H and O–H groups in total.